The third-order valence-electron chi connectivity index (χ3n) is 4.75. The molecule has 4 rings (SSSR count). The van der Waals surface area contributed by atoms with Crippen LogP contribution in [0.2, 0.25) is 0 Å². The summed E-state index contributed by atoms with van der Waals surface area (Å²) in [6.45, 7) is 2.57. The summed E-state index contributed by atoms with van der Waals surface area (Å²) in [7, 11) is 0. The molecule has 1 aliphatic rings. The molecule has 26 heavy (non-hydrogen) atoms. The number of hydrogen-bond acceptors (Lipinski definition) is 4. The second-order valence-corrected chi connectivity index (χ2v) is 6.63. The Morgan fingerprint density at radius 1 is 1.15 bits per heavy atom. The number of para-hydroxylation sites is 2. The molecule has 1 aromatic carbocycles. The number of fused-ring (bicyclic) bond motifs is 1. The van der Waals surface area contributed by atoms with E-state index in [0.29, 0.717) is 12.1 Å². The first-order chi connectivity index (χ1) is 12.8. The molecule has 2 N–H and O–H groups in total. The zero-order chi connectivity index (χ0) is 17.8. The van der Waals surface area contributed by atoms with Crippen LogP contribution in [-0.4, -0.2) is 40.5 Å². The van der Waals surface area contributed by atoms with Gasteiger partial charge in [0.2, 0.25) is 0 Å². The van der Waals surface area contributed by atoms with Gasteiger partial charge >= 0.3 is 0 Å². The Balaban J connectivity index is 1.33. The summed E-state index contributed by atoms with van der Waals surface area (Å²) in [4.78, 5) is 27.1. The van der Waals surface area contributed by atoms with Gasteiger partial charge in [0.15, 0.2) is 0 Å². The number of aromatic nitrogens is 3. The smallest absolute Gasteiger partial charge is 0.255 e. The molecule has 3 aromatic rings. The number of nitrogens with one attached hydrogen (secondary N) is 2. The minimum absolute atomic E-state index is 0.0513. The SMILES string of the molecule is O=C(NCCCc1nc2ccccc2[nH]1)c1cccnc1N1CCCC1. The Hall–Kier alpha value is -2.89. The van der Waals surface area contributed by atoms with Gasteiger partial charge in [-0.1, -0.05) is 12.1 Å². The van der Waals surface area contributed by atoms with Gasteiger partial charge in [-0.05, 0) is 43.5 Å². The second kappa shape index (κ2) is 7.56. The maximum absolute atomic E-state index is 12.6. The van der Waals surface area contributed by atoms with E-state index in [1.165, 1.54) is 0 Å². The lowest BCUT2D eigenvalue weighted by atomic mass is 10.2. The van der Waals surface area contributed by atoms with E-state index in [2.05, 4.69) is 25.2 Å². The lowest BCUT2D eigenvalue weighted by Gasteiger charge is -2.19. The Labute approximate surface area is 152 Å². The highest BCUT2D eigenvalue weighted by Gasteiger charge is 2.20. The second-order valence-electron chi connectivity index (χ2n) is 6.63. The zero-order valence-corrected chi connectivity index (χ0v) is 14.7. The standard InChI is InChI=1S/C20H23N5O/c26-20(15-7-5-11-21-19(15)25-13-3-4-14-25)22-12-6-10-18-23-16-8-1-2-9-17(16)24-18/h1-2,5,7-9,11H,3-4,6,10,12-14H2,(H,22,26)(H,23,24). The van der Waals surface area contributed by atoms with Crippen molar-refractivity contribution in [2.45, 2.75) is 25.7 Å². The fraction of sp³-hybridized carbons (Fsp3) is 0.350. The molecule has 3 heterocycles. The third kappa shape index (κ3) is 3.54. The van der Waals surface area contributed by atoms with Gasteiger partial charge in [-0.25, -0.2) is 9.97 Å². The van der Waals surface area contributed by atoms with Crippen LogP contribution >= 0.6 is 0 Å². The van der Waals surface area contributed by atoms with Crippen LogP contribution in [0, 0.1) is 0 Å². The van der Waals surface area contributed by atoms with Gasteiger partial charge in [0, 0.05) is 32.3 Å². The average Bonchev–Trinajstić information content (AvgIpc) is 3.34. The van der Waals surface area contributed by atoms with Gasteiger partial charge in [-0.2, -0.15) is 0 Å². The minimum atomic E-state index is -0.0513. The normalized spacial score (nSPS) is 14.1. The van der Waals surface area contributed by atoms with Crippen LogP contribution in [0.5, 0.6) is 0 Å². The third-order valence-corrected chi connectivity index (χ3v) is 4.75. The number of H-pyrrole nitrogens is 1. The highest BCUT2D eigenvalue weighted by molar-refractivity contribution is 5.98. The predicted octanol–water partition coefficient (Wildman–Crippen LogP) is 2.92. The summed E-state index contributed by atoms with van der Waals surface area (Å²) in [5.74, 6) is 1.71. The van der Waals surface area contributed by atoms with Gasteiger partial charge in [0.05, 0.1) is 16.6 Å². The summed E-state index contributed by atoms with van der Waals surface area (Å²) in [6.07, 6.45) is 5.72. The predicted molar refractivity (Wildman–Crippen MR) is 102 cm³/mol. The number of imidazole rings is 1. The quantitative estimate of drug-likeness (QED) is 0.671. The van der Waals surface area contributed by atoms with Crippen molar-refractivity contribution in [3.8, 4) is 0 Å². The maximum Gasteiger partial charge on any atom is 0.255 e. The Morgan fingerprint density at radius 3 is 2.85 bits per heavy atom. The molecule has 0 saturated carbocycles. The summed E-state index contributed by atoms with van der Waals surface area (Å²) in [5.41, 5.74) is 2.70. The van der Waals surface area contributed by atoms with Crippen LogP contribution in [0.3, 0.4) is 0 Å². The summed E-state index contributed by atoms with van der Waals surface area (Å²) < 4.78 is 0. The first-order valence-corrected chi connectivity index (χ1v) is 9.23. The van der Waals surface area contributed by atoms with Crippen molar-refractivity contribution in [3.05, 3.63) is 54.0 Å². The molecule has 0 atom stereocenters. The largest absolute Gasteiger partial charge is 0.356 e. The Kier molecular flexibility index (Phi) is 4.82. The van der Waals surface area contributed by atoms with Crippen molar-refractivity contribution >= 4 is 22.8 Å². The monoisotopic (exact) mass is 349 g/mol. The van der Waals surface area contributed by atoms with E-state index in [0.717, 1.165) is 61.4 Å². The highest BCUT2D eigenvalue weighted by Crippen LogP contribution is 2.21. The Morgan fingerprint density at radius 2 is 2.00 bits per heavy atom. The molecule has 0 unspecified atom stereocenters. The number of amides is 1. The molecule has 1 aliphatic heterocycles. The molecule has 134 valence electrons. The van der Waals surface area contributed by atoms with E-state index < -0.39 is 0 Å². The van der Waals surface area contributed by atoms with Gasteiger partial charge < -0.3 is 15.2 Å². The number of carbonyl (C=O) groups excluding carboxylic acids is 1. The Bertz CT molecular complexity index is 865. The highest BCUT2D eigenvalue weighted by atomic mass is 16.1. The molecular weight excluding hydrogens is 326 g/mol. The molecule has 1 fully saturated rings. The zero-order valence-electron chi connectivity index (χ0n) is 14.7. The molecule has 6 nitrogen and oxygen atoms in total. The van der Waals surface area contributed by atoms with Crippen LogP contribution in [-0.2, 0) is 6.42 Å². The number of rotatable bonds is 6. The number of aryl methyl sites for hydroxylation is 1. The maximum atomic E-state index is 12.6. The van der Waals surface area contributed by atoms with Crippen LogP contribution in [0.15, 0.2) is 42.6 Å². The van der Waals surface area contributed by atoms with Crippen molar-refractivity contribution in [1.29, 1.82) is 0 Å². The van der Waals surface area contributed by atoms with Crippen molar-refractivity contribution in [1.82, 2.24) is 20.3 Å². The molecule has 1 amide bonds. The molecular formula is C20H23N5O. The molecule has 6 heteroatoms. The molecule has 0 spiro atoms. The summed E-state index contributed by atoms with van der Waals surface area (Å²) >= 11 is 0. The molecule has 1 saturated heterocycles. The number of anilines is 1. The van der Waals surface area contributed by atoms with Gasteiger partial charge in [-0.15, -0.1) is 0 Å². The van der Waals surface area contributed by atoms with E-state index in [1.54, 1.807) is 6.20 Å². The molecule has 2 aromatic heterocycles. The van der Waals surface area contributed by atoms with Crippen molar-refractivity contribution < 1.29 is 4.79 Å². The average molecular weight is 349 g/mol. The topological polar surface area (TPSA) is 73.9 Å². The molecule has 0 aliphatic carbocycles. The molecule has 0 radical (unpaired) electrons. The molecule has 0 bridgehead atoms. The first kappa shape index (κ1) is 16.6. The van der Waals surface area contributed by atoms with E-state index in [9.17, 15) is 4.79 Å². The fourth-order valence-corrected chi connectivity index (χ4v) is 3.43. The number of nitrogens with zero attached hydrogens (tertiary/aromatic N) is 3. The first-order valence-electron chi connectivity index (χ1n) is 9.23. The number of hydrogen-bond donors (Lipinski definition) is 2. The van der Waals surface area contributed by atoms with Crippen molar-refractivity contribution in [2.75, 3.05) is 24.5 Å². The van der Waals surface area contributed by atoms with Crippen LogP contribution in [0.25, 0.3) is 11.0 Å². The van der Waals surface area contributed by atoms with Crippen LogP contribution in [0.1, 0.15) is 35.4 Å². The van der Waals surface area contributed by atoms with Gasteiger partial charge in [-0.3, -0.25) is 4.79 Å². The lowest BCUT2D eigenvalue weighted by Crippen LogP contribution is -2.29. The number of aromatic amines is 1. The summed E-state index contributed by atoms with van der Waals surface area (Å²) in [6, 6.07) is 11.7. The van der Waals surface area contributed by atoms with Crippen LogP contribution in [0.4, 0.5) is 5.82 Å². The lowest BCUT2D eigenvalue weighted by molar-refractivity contribution is 0.0953. The van der Waals surface area contributed by atoms with Gasteiger partial charge in [0.1, 0.15) is 11.6 Å². The minimum Gasteiger partial charge on any atom is -0.356 e. The van der Waals surface area contributed by atoms with Crippen molar-refractivity contribution in [2.24, 2.45) is 0 Å². The summed E-state index contributed by atoms with van der Waals surface area (Å²) in [5, 5.41) is 3.02. The number of benzene rings is 1. The van der Waals surface area contributed by atoms with E-state index >= 15 is 0 Å². The number of pyridine rings is 1. The van der Waals surface area contributed by atoms with Gasteiger partial charge in [0.25, 0.3) is 5.91 Å². The van der Waals surface area contributed by atoms with E-state index in [-0.39, 0.29) is 5.91 Å². The number of carbonyl (C=O) groups is 1. The fourth-order valence-electron chi connectivity index (χ4n) is 3.43. The van der Waals surface area contributed by atoms with E-state index in [4.69, 9.17) is 0 Å². The van der Waals surface area contributed by atoms with E-state index in [1.807, 2.05) is 36.4 Å². The van der Waals surface area contributed by atoms with Crippen molar-refractivity contribution in [3.63, 3.8) is 0 Å². The van der Waals surface area contributed by atoms with Crippen LogP contribution < -0.4 is 10.2 Å².